The molecule has 0 fully saturated rings. The molecule has 1 heterocycles. The van der Waals surface area contributed by atoms with Crippen molar-refractivity contribution in [3.8, 4) is 17.0 Å². The van der Waals surface area contributed by atoms with E-state index < -0.39 is 17.5 Å². The first-order chi connectivity index (χ1) is 13.4. The van der Waals surface area contributed by atoms with Crippen LogP contribution >= 0.6 is 12.6 Å². The molecule has 28 heavy (non-hydrogen) atoms. The van der Waals surface area contributed by atoms with Crippen molar-refractivity contribution >= 4 is 18.3 Å². The summed E-state index contributed by atoms with van der Waals surface area (Å²) in [5.41, 5.74) is 6.59. The number of rotatable bonds is 2. The number of anilines is 1. The number of benzene rings is 2. The minimum Gasteiger partial charge on any atom is -0.496 e. The normalized spacial score (nSPS) is 9.04. The van der Waals surface area contributed by atoms with E-state index in [0.29, 0.717) is 26.5 Å². The van der Waals surface area contributed by atoms with Gasteiger partial charge >= 0.3 is 0 Å². The fourth-order valence-electron chi connectivity index (χ4n) is 1.94. The van der Waals surface area contributed by atoms with Gasteiger partial charge in [-0.2, -0.15) is 0 Å². The number of nitrogens with two attached hydrogens (primary N) is 1. The number of nitrogen functional groups attached to an aromatic ring is 1. The highest BCUT2D eigenvalue weighted by atomic mass is 32.1. The number of ether oxygens (including phenoxy) is 1. The second-order valence-corrected chi connectivity index (χ2v) is 5.28. The Morgan fingerprint density at radius 1 is 0.893 bits per heavy atom. The summed E-state index contributed by atoms with van der Waals surface area (Å²) in [6.45, 7) is 0. The molecule has 2 aromatic carbocycles. The lowest BCUT2D eigenvalue weighted by Crippen LogP contribution is -1.94. The molecule has 0 atom stereocenters. The predicted octanol–water partition coefficient (Wildman–Crippen LogP) is 5.84. The third-order valence-electron chi connectivity index (χ3n) is 3.10. The van der Waals surface area contributed by atoms with Crippen LogP contribution in [0.5, 0.6) is 5.75 Å². The van der Waals surface area contributed by atoms with Gasteiger partial charge in [-0.25, -0.2) is 13.2 Å². The van der Waals surface area contributed by atoms with Crippen LogP contribution in [0.4, 0.5) is 27.6 Å². The first-order valence-electron chi connectivity index (χ1n) is 7.58. The van der Waals surface area contributed by atoms with E-state index >= 15 is 0 Å². The molecule has 0 saturated carbocycles. The van der Waals surface area contributed by atoms with E-state index in [1.165, 1.54) is 0 Å². The van der Waals surface area contributed by atoms with E-state index in [2.05, 4.69) is 17.6 Å². The topological polar surface area (TPSA) is 51.0 Å². The van der Waals surface area contributed by atoms with Crippen molar-refractivity contribution in [1.29, 1.82) is 0 Å². The highest BCUT2D eigenvalue weighted by molar-refractivity contribution is 7.80. The molecule has 3 aromatic rings. The average molecular weight is 420 g/mol. The number of halogens is 5. The van der Waals surface area contributed by atoms with Crippen molar-refractivity contribution in [1.82, 2.24) is 4.98 Å². The van der Waals surface area contributed by atoms with Gasteiger partial charge in [0.2, 0.25) is 0 Å². The molecule has 3 rings (SSSR count). The fourth-order valence-corrected chi connectivity index (χ4v) is 2.14. The monoisotopic (exact) mass is 420 g/mol. The van der Waals surface area contributed by atoms with Crippen LogP contribution in [0.3, 0.4) is 0 Å². The molecular weight excluding hydrogens is 399 g/mol. The van der Waals surface area contributed by atoms with Crippen LogP contribution in [0.25, 0.3) is 11.3 Å². The minimum atomic E-state index is -1.23. The zero-order valence-electron chi connectivity index (χ0n) is 15.4. The van der Waals surface area contributed by atoms with Gasteiger partial charge in [-0.05, 0) is 18.2 Å². The van der Waals surface area contributed by atoms with Gasteiger partial charge in [0.1, 0.15) is 11.6 Å². The Bertz CT molecular complexity index is 793. The molecule has 3 N–H and O–H groups in total. The van der Waals surface area contributed by atoms with Crippen LogP contribution < -0.4 is 10.5 Å². The highest BCUT2D eigenvalue weighted by Gasteiger charge is 2.06. The van der Waals surface area contributed by atoms with Crippen molar-refractivity contribution in [2.45, 2.75) is 4.90 Å². The van der Waals surface area contributed by atoms with Crippen LogP contribution in [0.15, 0.2) is 53.6 Å². The summed E-state index contributed by atoms with van der Waals surface area (Å²) < 4.78 is 60.7. The van der Waals surface area contributed by atoms with E-state index in [1.807, 2.05) is 36.5 Å². The number of hydrogen-bond acceptors (Lipinski definition) is 3. The number of aromatic amines is 1. The van der Waals surface area contributed by atoms with Crippen LogP contribution in [0.1, 0.15) is 0 Å². The lowest BCUT2D eigenvalue weighted by atomic mass is 10.1. The number of aromatic nitrogens is 1. The summed E-state index contributed by atoms with van der Waals surface area (Å²) in [6.07, 6.45) is 1.85. The largest absolute Gasteiger partial charge is 0.496 e. The summed E-state index contributed by atoms with van der Waals surface area (Å²) >= 11 is 4.25. The lowest BCUT2D eigenvalue weighted by Gasteiger charge is -2.05. The first kappa shape index (κ1) is 25.3. The van der Waals surface area contributed by atoms with Gasteiger partial charge in [0.25, 0.3) is 0 Å². The van der Waals surface area contributed by atoms with Gasteiger partial charge in [-0.1, -0.05) is 12.1 Å². The quantitative estimate of drug-likeness (QED) is 0.211. The van der Waals surface area contributed by atoms with E-state index in [4.69, 9.17) is 10.5 Å². The molecule has 1 aromatic heterocycles. The molecule has 0 saturated heterocycles. The SMILES string of the molecule is CF.CF.COc1ccccc1-c1cc(S)c[nH]1.Nc1cc(F)c(F)cc1F. The van der Waals surface area contributed by atoms with Crippen molar-refractivity contribution in [3.05, 3.63) is 66.1 Å². The van der Waals surface area contributed by atoms with E-state index in [0.717, 1.165) is 21.9 Å². The number of nitrogens with one attached hydrogen (secondary N) is 1. The van der Waals surface area contributed by atoms with Gasteiger partial charge in [0.05, 0.1) is 32.8 Å². The second-order valence-electron chi connectivity index (χ2n) is 4.76. The Hall–Kier alpha value is -2.68. The number of thiol groups is 1. The third kappa shape index (κ3) is 7.51. The van der Waals surface area contributed by atoms with Gasteiger partial charge in [0, 0.05) is 28.8 Å². The zero-order valence-corrected chi connectivity index (χ0v) is 16.3. The van der Waals surface area contributed by atoms with Gasteiger partial charge in [-0.3, -0.25) is 8.78 Å². The zero-order chi connectivity index (χ0) is 21.7. The number of H-pyrrole nitrogens is 1. The molecule has 0 bridgehead atoms. The standard InChI is InChI=1S/C11H11NOS.C6H4F3N.2CH3F/c1-13-11-5-3-2-4-9(11)10-6-8(14)7-12-10;7-3-1-5(9)6(10)2-4(3)8;2*1-2/h2-7,12,14H,1H3;1-2H,10H2;2*1H3. The van der Waals surface area contributed by atoms with Gasteiger partial charge in [-0.15, -0.1) is 12.6 Å². The highest BCUT2D eigenvalue weighted by Crippen LogP contribution is 2.29. The fraction of sp³-hybridized carbons (Fsp3) is 0.158. The Morgan fingerprint density at radius 3 is 1.96 bits per heavy atom. The third-order valence-corrected chi connectivity index (χ3v) is 3.36. The first-order valence-corrected chi connectivity index (χ1v) is 8.03. The van der Waals surface area contributed by atoms with Crippen molar-refractivity contribution in [3.63, 3.8) is 0 Å². The average Bonchev–Trinajstić information content (AvgIpc) is 3.16. The van der Waals surface area contributed by atoms with Crippen molar-refractivity contribution < 1.29 is 26.7 Å². The maximum absolute atomic E-state index is 12.2. The number of alkyl halides is 2. The van der Waals surface area contributed by atoms with Crippen LogP contribution in [-0.2, 0) is 0 Å². The molecule has 0 aliphatic heterocycles. The molecule has 0 unspecified atom stereocenters. The summed E-state index contributed by atoms with van der Waals surface area (Å²) in [6, 6.07) is 10.9. The summed E-state index contributed by atoms with van der Waals surface area (Å²) in [5.74, 6) is -2.45. The van der Waals surface area contributed by atoms with E-state index in [1.54, 1.807) is 7.11 Å². The molecule has 0 spiro atoms. The molecule has 0 radical (unpaired) electrons. The molecule has 0 amide bonds. The minimum absolute atomic E-state index is 0.390. The van der Waals surface area contributed by atoms with Crippen LogP contribution in [0.2, 0.25) is 0 Å². The van der Waals surface area contributed by atoms with Crippen molar-refractivity contribution in [2.24, 2.45) is 0 Å². The lowest BCUT2D eigenvalue weighted by molar-refractivity contribution is 0.416. The van der Waals surface area contributed by atoms with E-state index in [-0.39, 0.29) is 5.69 Å². The van der Waals surface area contributed by atoms with E-state index in [9.17, 15) is 22.0 Å². The number of methoxy groups -OCH3 is 1. The Labute approximate surface area is 165 Å². The van der Waals surface area contributed by atoms with Crippen LogP contribution in [-0.4, -0.2) is 26.4 Å². The Morgan fingerprint density at radius 2 is 1.46 bits per heavy atom. The van der Waals surface area contributed by atoms with Crippen molar-refractivity contribution in [2.75, 3.05) is 27.2 Å². The predicted molar refractivity (Wildman–Crippen MR) is 105 cm³/mol. The maximum Gasteiger partial charge on any atom is 0.161 e. The Kier molecular flexibility index (Phi) is 12.2. The van der Waals surface area contributed by atoms with Gasteiger partial charge < -0.3 is 15.5 Å². The smallest absolute Gasteiger partial charge is 0.161 e. The molecule has 154 valence electrons. The second kappa shape index (κ2) is 13.5. The van der Waals surface area contributed by atoms with Crippen LogP contribution in [0, 0.1) is 17.5 Å². The Balaban J connectivity index is 0.000000460. The molecule has 9 heteroatoms. The number of hydrogen-bond donors (Lipinski definition) is 3. The molecule has 3 nitrogen and oxygen atoms in total. The summed E-state index contributed by atoms with van der Waals surface area (Å²) in [4.78, 5) is 4.06. The number of para-hydroxylation sites is 1. The molecule has 0 aliphatic rings. The maximum atomic E-state index is 12.2. The summed E-state index contributed by atoms with van der Waals surface area (Å²) in [5, 5.41) is 0. The molecule has 0 aliphatic carbocycles. The molecular formula is C19H21F5N2OS. The summed E-state index contributed by atoms with van der Waals surface area (Å²) in [7, 11) is 2.67. The van der Waals surface area contributed by atoms with Gasteiger partial charge in [0.15, 0.2) is 11.6 Å².